The number of hydrogen-bond acceptors (Lipinski definition) is 3. The quantitative estimate of drug-likeness (QED) is 0.275. The molecule has 3 aromatic carbocycles. The molecule has 0 saturated carbocycles. The lowest BCUT2D eigenvalue weighted by atomic mass is 10.2. The van der Waals surface area contributed by atoms with E-state index in [1.54, 1.807) is 41.2 Å². The number of halogens is 4. The van der Waals surface area contributed by atoms with E-state index in [-0.39, 0.29) is 12.4 Å². The summed E-state index contributed by atoms with van der Waals surface area (Å²) < 4.78 is 20.6. The van der Waals surface area contributed by atoms with Crippen LogP contribution in [0, 0.1) is 5.82 Å². The Morgan fingerprint density at radius 1 is 0.968 bits per heavy atom. The van der Waals surface area contributed by atoms with Crippen LogP contribution in [0.3, 0.4) is 0 Å². The molecule has 0 fully saturated rings. The molecule has 0 unspecified atom stereocenters. The summed E-state index contributed by atoms with van der Waals surface area (Å²) in [5.41, 5.74) is 2.52. The minimum atomic E-state index is -0.331. The van der Waals surface area contributed by atoms with Crippen LogP contribution in [0.1, 0.15) is 11.3 Å². The zero-order valence-corrected chi connectivity index (χ0v) is 18.2. The third-order valence-electron chi connectivity index (χ3n) is 4.37. The van der Waals surface area contributed by atoms with E-state index in [1.165, 1.54) is 12.1 Å². The number of nitrogens with zero attached hydrogens (tertiary/aromatic N) is 3. The van der Waals surface area contributed by atoms with Gasteiger partial charge in [-0.3, -0.25) is 4.99 Å². The van der Waals surface area contributed by atoms with Crippen molar-refractivity contribution in [3.8, 4) is 11.4 Å². The van der Waals surface area contributed by atoms with Crippen LogP contribution in [0.5, 0.6) is 5.75 Å². The van der Waals surface area contributed by atoms with Gasteiger partial charge in [-0.2, -0.15) is 5.10 Å². The summed E-state index contributed by atoms with van der Waals surface area (Å²) in [6.45, 7) is 0.103. The Bertz CT molecular complexity index is 1230. The van der Waals surface area contributed by atoms with Gasteiger partial charge in [-0.25, -0.2) is 9.07 Å². The maximum absolute atomic E-state index is 13.2. The summed E-state index contributed by atoms with van der Waals surface area (Å²) in [6.07, 6.45) is 1.59. The van der Waals surface area contributed by atoms with Gasteiger partial charge in [-0.1, -0.05) is 53.0 Å². The van der Waals surface area contributed by atoms with E-state index >= 15 is 0 Å². The minimum Gasteiger partial charge on any atom is -0.486 e. The van der Waals surface area contributed by atoms with Crippen molar-refractivity contribution in [1.82, 2.24) is 9.78 Å². The minimum absolute atomic E-state index is 0.103. The van der Waals surface area contributed by atoms with Crippen LogP contribution in [-0.4, -0.2) is 16.0 Å². The molecule has 0 bridgehead atoms. The second-order valence-corrected chi connectivity index (χ2v) is 7.70. The van der Waals surface area contributed by atoms with Crippen LogP contribution < -0.4 is 4.74 Å². The molecule has 0 atom stereocenters. The highest BCUT2D eigenvalue weighted by Crippen LogP contribution is 2.29. The van der Waals surface area contributed by atoms with Gasteiger partial charge in [0.25, 0.3) is 0 Å². The third kappa shape index (κ3) is 5.07. The lowest BCUT2D eigenvalue weighted by Gasteiger charge is -2.07. The van der Waals surface area contributed by atoms with E-state index in [4.69, 9.17) is 39.5 Å². The van der Waals surface area contributed by atoms with Gasteiger partial charge >= 0.3 is 0 Å². The number of benzene rings is 3. The van der Waals surface area contributed by atoms with Crippen LogP contribution in [0.15, 0.2) is 77.8 Å². The Hall–Kier alpha value is -2.86. The maximum Gasteiger partial charge on any atom is 0.142 e. The summed E-state index contributed by atoms with van der Waals surface area (Å²) in [4.78, 5) is 4.40. The van der Waals surface area contributed by atoms with Crippen molar-refractivity contribution < 1.29 is 9.13 Å². The highest BCUT2D eigenvalue weighted by Gasteiger charge is 2.17. The zero-order valence-electron chi connectivity index (χ0n) is 16.0. The number of aromatic nitrogens is 2. The molecule has 31 heavy (non-hydrogen) atoms. The molecule has 1 heterocycles. The van der Waals surface area contributed by atoms with E-state index in [9.17, 15) is 4.39 Å². The Kier molecular flexibility index (Phi) is 6.56. The molecule has 1 aromatic heterocycles. The van der Waals surface area contributed by atoms with E-state index in [0.29, 0.717) is 37.9 Å². The van der Waals surface area contributed by atoms with E-state index in [2.05, 4.69) is 10.1 Å². The van der Waals surface area contributed by atoms with Crippen molar-refractivity contribution in [3.05, 3.63) is 105 Å². The number of aliphatic imine (C=N–C) groups is 1. The summed E-state index contributed by atoms with van der Waals surface area (Å²) in [5.74, 6) is 0.140. The Morgan fingerprint density at radius 2 is 1.71 bits per heavy atom. The molecule has 0 aliphatic carbocycles. The van der Waals surface area contributed by atoms with Gasteiger partial charge in [0.2, 0.25) is 0 Å². The number of hydrogen-bond donors (Lipinski definition) is 0. The molecular weight excluding hydrogens is 460 g/mol. The fourth-order valence-corrected chi connectivity index (χ4v) is 3.59. The largest absolute Gasteiger partial charge is 0.486 e. The fraction of sp³-hybridized carbons (Fsp3) is 0.0435. The Balaban J connectivity index is 1.68. The van der Waals surface area contributed by atoms with Gasteiger partial charge in [0.05, 0.1) is 22.0 Å². The summed E-state index contributed by atoms with van der Waals surface area (Å²) >= 11 is 18.8. The standard InChI is InChI=1S/C23H15Cl3FN3O/c24-15-6-11-22(20(25)12-15)31-14-21-19(13-28-17-9-7-16(27)8-10-17)23(26)30(29-21)18-4-2-1-3-5-18/h1-13H,14H2. The topological polar surface area (TPSA) is 39.4 Å². The van der Waals surface area contributed by atoms with Gasteiger partial charge in [-0.05, 0) is 54.6 Å². The average Bonchev–Trinajstić information content (AvgIpc) is 3.09. The van der Waals surface area contributed by atoms with E-state index in [0.717, 1.165) is 5.69 Å². The lowest BCUT2D eigenvalue weighted by Crippen LogP contribution is -2.01. The van der Waals surface area contributed by atoms with Crippen molar-refractivity contribution in [1.29, 1.82) is 0 Å². The molecule has 156 valence electrons. The number of rotatable bonds is 6. The van der Waals surface area contributed by atoms with Gasteiger partial charge < -0.3 is 4.74 Å². The van der Waals surface area contributed by atoms with Crippen LogP contribution in [0.4, 0.5) is 10.1 Å². The van der Waals surface area contributed by atoms with Crippen molar-refractivity contribution in [2.75, 3.05) is 0 Å². The molecule has 0 radical (unpaired) electrons. The van der Waals surface area contributed by atoms with Gasteiger partial charge in [0.15, 0.2) is 0 Å². The first-order chi connectivity index (χ1) is 15.0. The summed E-state index contributed by atoms with van der Waals surface area (Å²) in [5, 5.41) is 5.89. The van der Waals surface area contributed by atoms with Crippen LogP contribution in [-0.2, 0) is 6.61 Å². The highest BCUT2D eigenvalue weighted by atomic mass is 35.5. The van der Waals surface area contributed by atoms with Crippen molar-refractivity contribution in [2.24, 2.45) is 4.99 Å². The first kappa shape index (κ1) is 21.4. The fourth-order valence-electron chi connectivity index (χ4n) is 2.83. The number of ether oxygens (including phenoxy) is 1. The van der Waals surface area contributed by atoms with Crippen LogP contribution in [0.25, 0.3) is 5.69 Å². The smallest absolute Gasteiger partial charge is 0.142 e. The monoisotopic (exact) mass is 473 g/mol. The predicted octanol–water partition coefficient (Wildman–Crippen LogP) is 7.30. The Morgan fingerprint density at radius 3 is 2.42 bits per heavy atom. The molecular formula is C23H15Cl3FN3O. The van der Waals surface area contributed by atoms with Crippen LogP contribution >= 0.6 is 34.8 Å². The van der Waals surface area contributed by atoms with Crippen molar-refractivity contribution in [3.63, 3.8) is 0 Å². The van der Waals surface area contributed by atoms with Crippen molar-refractivity contribution in [2.45, 2.75) is 6.61 Å². The first-order valence-corrected chi connectivity index (χ1v) is 10.3. The number of para-hydroxylation sites is 1. The molecule has 8 heteroatoms. The lowest BCUT2D eigenvalue weighted by molar-refractivity contribution is 0.300. The van der Waals surface area contributed by atoms with Gasteiger partial charge in [0.1, 0.15) is 29.0 Å². The summed E-state index contributed by atoms with van der Waals surface area (Å²) in [7, 11) is 0. The molecule has 0 aliphatic rings. The molecule has 4 rings (SSSR count). The van der Waals surface area contributed by atoms with Gasteiger partial charge in [-0.15, -0.1) is 0 Å². The zero-order chi connectivity index (χ0) is 21.8. The Labute approximate surface area is 193 Å². The first-order valence-electron chi connectivity index (χ1n) is 9.21. The molecule has 4 aromatic rings. The maximum atomic E-state index is 13.2. The predicted molar refractivity (Wildman–Crippen MR) is 123 cm³/mol. The molecule has 0 N–H and O–H groups in total. The average molecular weight is 475 g/mol. The third-order valence-corrected chi connectivity index (χ3v) is 5.26. The van der Waals surface area contributed by atoms with E-state index in [1.807, 2.05) is 30.3 Å². The SMILES string of the molecule is Fc1ccc(N=Cc2c(COc3ccc(Cl)cc3Cl)nn(-c3ccccc3)c2Cl)cc1. The molecule has 0 saturated heterocycles. The second-order valence-electron chi connectivity index (χ2n) is 6.50. The van der Waals surface area contributed by atoms with Crippen LogP contribution in [0.2, 0.25) is 15.2 Å². The highest BCUT2D eigenvalue weighted by molar-refractivity contribution is 6.35. The normalized spacial score (nSPS) is 11.2. The molecule has 0 spiro atoms. The second kappa shape index (κ2) is 9.52. The van der Waals surface area contributed by atoms with Gasteiger partial charge in [0, 0.05) is 11.2 Å². The molecule has 4 nitrogen and oxygen atoms in total. The molecule has 0 aliphatic heterocycles. The molecule has 0 amide bonds. The van der Waals surface area contributed by atoms with Crippen molar-refractivity contribution >= 4 is 46.7 Å². The summed E-state index contributed by atoms with van der Waals surface area (Å²) in [6, 6.07) is 20.3. The van der Waals surface area contributed by atoms with E-state index < -0.39 is 0 Å².